The molecule has 7 heteroatoms. The van der Waals surface area contributed by atoms with Crippen LogP contribution in [0.25, 0.3) is 0 Å². The van der Waals surface area contributed by atoms with Crippen molar-refractivity contribution < 1.29 is 0 Å². The number of aliphatic imine (C=N–C) groups is 1. The van der Waals surface area contributed by atoms with Crippen molar-refractivity contribution in [2.75, 3.05) is 6.54 Å². The molecule has 1 aromatic heterocycles. The molecule has 0 spiro atoms. The highest BCUT2D eigenvalue weighted by Gasteiger charge is 2.14. The zero-order valence-corrected chi connectivity index (χ0v) is 13.7. The summed E-state index contributed by atoms with van der Waals surface area (Å²) in [4.78, 5) is 4.31. The maximum Gasteiger partial charge on any atom is 0.188 e. The van der Waals surface area contributed by atoms with Gasteiger partial charge in [-0.3, -0.25) is 4.99 Å². The van der Waals surface area contributed by atoms with E-state index in [1.54, 1.807) is 11.3 Å². The topological polar surface area (TPSA) is 76.2 Å². The highest BCUT2D eigenvalue weighted by Crippen LogP contribution is 2.17. The van der Waals surface area contributed by atoms with E-state index in [1.807, 2.05) is 6.92 Å². The monoisotopic (exact) mass is 381 g/mol. The Morgan fingerprint density at radius 1 is 1.44 bits per heavy atom. The molecule has 1 aliphatic rings. The lowest BCUT2D eigenvalue weighted by atomic mass is 10.2. The molecule has 1 aliphatic carbocycles. The van der Waals surface area contributed by atoms with Crippen LogP contribution in [-0.2, 0) is 6.42 Å². The summed E-state index contributed by atoms with van der Waals surface area (Å²) in [7, 11) is 0. The van der Waals surface area contributed by atoms with Gasteiger partial charge in [-0.2, -0.15) is 0 Å². The molecule has 3 N–H and O–H groups in total. The third-order valence-corrected chi connectivity index (χ3v) is 3.78. The summed E-state index contributed by atoms with van der Waals surface area (Å²) in [6.07, 6.45) is 5.85. The van der Waals surface area contributed by atoms with Gasteiger partial charge in [-0.15, -0.1) is 45.5 Å². The summed E-state index contributed by atoms with van der Waals surface area (Å²) in [5, 5.41) is 13.3. The lowest BCUT2D eigenvalue weighted by Crippen LogP contribution is -2.38. The van der Waals surface area contributed by atoms with Gasteiger partial charge in [0, 0.05) is 19.0 Å². The minimum absolute atomic E-state index is 0. The Kier molecular flexibility index (Phi) is 6.83. The number of hydrogen-bond donors (Lipinski definition) is 2. The fraction of sp³-hybridized carbons (Fsp3) is 0.727. The molecule has 0 bridgehead atoms. The van der Waals surface area contributed by atoms with E-state index in [4.69, 9.17) is 5.73 Å². The second kappa shape index (κ2) is 7.88. The van der Waals surface area contributed by atoms with Crippen LogP contribution in [0.1, 0.15) is 35.7 Å². The SMILES string of the molecule is Cc1nnc(CCN=C(N)NC2CCCC2)s1.I. The van der Waals surface area contributed by atoms with Gasteiger partial charge in [-0.1, -0.05) is 12.8 Å². The third-order valence-electron chi connectivity index (χ3n) is 2.88. The van der Waals surface area contributed by atoms with E-state index in [2.05, 4.69) is 20.5 Å². The molecular formula is C11H20IN5S. The van der Waals surface area contributed by atoms with Crippen LogP contribution in [0.4, 0.5) is 0 Å². The molecule has 0 aliphatic heterocycles. The molecule has 1 saturated carbocycles. The first-order valence-electron chi connectivity index (χ1n) is 6.09. The summed E-state index contributed by atoms with van der Waals surface area (Å²) in [5.74, 6) is 0.568. The summed E-state index contributed by atoms with van der Waals surface area (Å²) < 4.78 is 0. The zero-order valence-electron chi connectivity index (χ0n) is 10.6. The van der Waals surface area contributed by atoms with Crippen LogP contribution < -0.4 is 11.1 Å². The van der Waals surface area contributed by atoms with Gasteiger partial charge in [-0.25, -0.2) is 0 Å². The highest BCUT2D eigenvalue weighted by atomic mass is 127. The molecule has 2 rings (SSSR count). The molecule has 1 fully saturated rings. The van der Waals surface area contributed by atoms with Crippen molar-refractivity contribution in [3.05, 3.63) is 10.0 Å². The van der Waals surface area contributed by atoms with E-state index in [9.17, 15) is 0 Å². The van der Waals surface area contributed by atoms with E-state index in [0.29, 0.717) is 18.5 Å². The van der Waals surface area contributed by atoms with Gasteiger partial charge in [0.05, 0.1) is 0 Å². The predicted molar refractivity (Wildman–Crippen MR) is 85.6 cm³/mol. The Balaban J connectivity index is 0.00000162. The molecule has 1 heterocycles. The number of guanidine groups is 1. The molecule has 0 atom stereocenters. The number of aromatic nitrogens is 2. The number of halogens is 1. The molecule has 0 amide bonds. The Morgan fingerprint density at radius 3 is 2.78 bits per heavy atom. The van der Waals surface area contributed by atoms with Gasteiger partial charge in [-0.05, 0) is 19.8 Å². The summed E-state index contributed by atoms with van der Waals surface area (Å²) >= 11 is 1.62. The van der Waals surface area contributed by atoms with Crippen LogP contribution in [0.5, 0.6) is 0 Å². The number of rotatable bonds is 4. The Hall–Kier alpha value is -0.440. The fourth-order valence-electron chi connectivity index (χ4n) is 2.04. The Morgan fingerprint density at radius 2 is 2.17 bits per heavy atom. The molecule has 0 radical (unpaired) electrons. The lowest BCUT2D eigenvalue weighted by molar-refractivity contribution is 0.625. The second-order valence-electron chi connectivity index (χ2n) is 4.36. The second-order valence-corrected chi connectivity index (χ2v) is 5.62. The van der Waals surface area contributed by atoms with Crippen LogP contribution in [0.3, 0.4) is 0 Å². The predicted octanol–water partition coefficient (Wildman–Crippen LogP) is 1.85. The summed E-state index contributed by atoms with van der Waals surface area (Å²) in [6, 6.07) is 0.530. The normalized spacial score (nSPS) is 16.6. The first-order chi connectivity index (χ1) is 8.24. The number of nitrogens with two attached hydrogens (primary N) is 1. The van der Waals surface area contributed by atoms with Gasteiger partial charge in [0.15, 0.2) is 5.96 Å². The maximum absolute atomic E-state index is 5.83. The fourth-order valence-corrected chi connectivity index (χ4v) is 2.73. The van der Waals surface area contributed by atoms with E-state index in [0.717, 1.165) is 16.4 Å². The van der Waals surface area contributed by atoms with Crippen LogP contribution >= 0.6 is 35.3 Å². The molecule has 0 unspecified atom stereocenters. The average molecular weight is 381 g/mol. The number of nitrogens with zero attached hydrogens (tertiary/aromatic N) is 3. The third kappa shape index (κ3) is 5.05. The smallest absolute Gasteiger partial charge is 0.188 e. The van der Waals surface area contributed by atoms with E-state index >= 15 is 0 Å². The van der Waals surface area contributed by atoms with Crippen molar-refractivity contribution in [3.8, 4) is 0 Å². The Labute approximate surface area is 129 Å². The molecule has 5 nitrogen and oxygen atoms in total. The van der Waals surface area contributed by atoms with Gasteiger partial charge < -0.3 is 11.1 Å². The lowest BCUT2D eigenvalue weighted by Gasteiger charge is -2.11. The number of nitrogens with one attached hydrogen (secondary N) is 1. The van der Waals surface area contributed by atoms with Crippen molar-refractivity contribution in [1.29, 1.82) is 0 Å². The van der Waals surface area contributed by atoms with Crippen molar-refractivity contribution >= 4 is 41.3 Å². The van der Waals surface area contributed by atoms with E-state index in [1.165, 1.54) is 25.7 Å². The van der Waals surface area contributed by atoms with Gasteiger partial charge in [0.1, 0.15) is 10.0 Å². The number of hydrogen-bond acceptors (Lipinski definition) is 4. The van der Waals surface area contributed by atoms with Crippen molar-refractivity contribution in [2.24, 2.45) is 10.7 Å². The number of aryl methyl sites for hydroxylation is 1. The quantitative estimate of drug-likeness (QED) is 0.474. The van der Waals surface area contributed by atoms with Crippen LogP contribution in [0.15, 0.2) is 4.99 Å². The first kappa shape index (κ1) is 15.6. The molecule has 0 saturated heterocycles. The molecule has 1 aromatic rings. The Bertz CT molecular complexity index is 387. The maximum atomic E-state index is 5.83. The minimum Gasteiger partial charge on any atom is -0.370 e. The highest BCUT2D eigenvalue weighted by molar-refractivity contribution is 14.0. The van der Waals surface area contributed by atoms with Crippen LogP contribution in [0, 0.1) is 6.92 Å². The molecule has 0 aromatic carbocycles. The largest absolute Gasteiger partial charge is 0.370 e. The molecule has 102 valence electrons. The van der Waals surface area contributed by atoms with Gasteiger partial charge >= 0.3 is 0 Å². The van der Waals surface area contributed by atoms with Crippen molar-refractivity contribution in [3.63, 3.8) is 0 Å². The van der Waals surface area contributed by atoms with E-state index in [-0.39, 0.29) is 24.0 Å². The van der Waals surface area contributed by atoms with Gasteiger partial charge in [0.2, 0.25) is 0 Å². The van der Waals surface area contributed by atoms with E-state index < -0.39 is 0 Å². The van der Waals surface area contributed by atoms with Gasteiger partial charge in [0.25, 0.3) is 0 Å². The van der Waals surface area contributed by atoms with Crippen molar-refractivity contribution in [1.82, 2.24) is 15.5 Å². The standard InChI is InChI=1S/C11H19N5S.HI/c1-8-15-16-10(17-8)6-7-13-11(12)14-9-4-2-3-5-9;/h9H,2-7H2,1H3,(H3,12,13,14);1H. The summed E-state index contributed by atoms with van der Waals surface area (Å²) in [6.45, 7) is 2.64. The first-order valence-corrected chi connectivity index (χ1v) is 6.91. The zero-order chi connectivity index (χ0) is 12.1. The minimum atomic E-state index is 0. The van der Waals surface area contributed by atoms with Crippen LogP contribution in [0.2, 0.25) is 0 Å². The summed E-state index contributed by atoms with van der Waals surface area (Å²) in [5.41, 5.74) is 5.83. The molecule has 18 heavy (non-hydrogen) atoms. The average Bonchev–Trinajstić information content (AvgIpc) is 2.90. The van der Waals surface area contributed by atoms with Crippen molar-refractivity contribution in [2.45, 2.75) is 45.1 Å². The molecular weight excluding hydrogens is 361 g/mol. The van der Waals surface area contributed by atoms with Crippen LogP contribution in [-0.4, -0.2) is 28.7 Å².